The highest BCUT2D eigenvalue weighted by Gasteiger charge is 2.15. The molecule has 0 radical (unpaired) electrons. The van der Waals surface area contributed by atoms with Crippen molar-refractivity contribution in [2.24, 2.45) is 0 Å². The lowest BCUT2D eigenvalue weighted by atomic mass is 9.98. The van der Waals surface area contributed by atoms with E-state index in [1.54, 1.807) is 18.2 Å². The molecule has 8 nitrogen and oxygen atoms in total. The maximum atomic E-state index is 15.0. The van der Waals surface area contributed by atoms with Crippen molar-refractivity contribution in [1.29, 1.82) is 0 Å². The zero-order valence-electron chi connectivity index (χ0n) is 24.7. The summed E-state index contributed by atoms with van der Waals surface area (Å²) in [5.74, 6) is -3.16. The average molecular weight is 607 g/mol. The molecule has 0 aliphatic rings. The molecule has 0 aromatic heterocycles. The van der Waals surface area contributed by atoms with Crippen LogP contribution >= 0.6 is 0 Å². The van der Waals surface area contributed by atoms with Crippen LogP contribution in [0, 0.1) is 11.6 Å². The van der Waals surface area contributed by atoms with Gasteiger partial charge < -0.3 is 23.7 Å². The molecule has 0 bridgehead atoms. The predicted molar refractivity (Wildman–Crippen MR) is 160 cm³/mol. The smallest absolute Gasteiger partial charge is 0.338 e. The minimum Gasteiger partial charge on any atom is -0.487 e. The molecule has 0 saturated carbocycles. The zero-order valence-corrected chi connectivity index (χ0v) is 24.7. The zero-order chi connectivity index (χ0) is 32.4. The third-order valence-corrected chi connectivity index (χ3v) is 5.84. The van der Waals surface area contributed by atoms with Crippen molar-refractivity contribution in [3.05, 3.63) is 103 Å². The van der Waals surface area contributed by atoms with Gasteiger partial charge in [-0.3, -0.25) is 0 Å². The van der Waals surface area contributed by atoms with Gasteiger partial charge in [0.1, 0.15) is 32.2 Å². The Balaban J connectivity index is 1.84. The molecule has 44 heavy (non-hydrogen) atoms. The van der Waals surface area contributed by atoms with E-state index in [0.717, 1.165) is 0 Å². The minimum absolute atomic E-state index is 0.0581. The van der Waals surface area contributed by atoms with E-state index in [1.807, 2.05) is 0 Å². The lowest BCUT2D eigenvalue weighted by molar-refractivity contribution is -0.140. The molecule has 0 amide bonds. The quantitative estimate of drug-likeness (QED) is 0.0858. The second-order valence-corrected chi connectivity index (χ2v) is 9.74. The molecule has 0 N–H and O–H groups in total. The molecule has 0 atom stereocenters. The van der Waals surface area contributed by atoms with Gasteiger partial charge in [0, 0.05) is 16.7 Å². The summed E-state index contributed by atoms with van der Waals surface area (Å²) >= 11 is 0. The Kier molecular flexibility index (Phi) is 11.6. The Bertz CT molecular complexity index is 1510. The first kappa shape index (κ1) is 33.3. The molecular formula is C34H32F2O8. The molecule has 230 valence electrons. The van der Waals surface area contributed by atoms with Gasteiger partial charge in [0.05, 0.1) is 0 Å². The van der Waals surface area contributed by atoms with Crippen molar-refractivity contribution in [2.75, 3.05) is 26.4 Å². The number of halogens is 2. The topological polar surface area (TPSA) is 97.4 Å². The van der Waals surface area contributed by atoms with Crippen molar-refractivity contribution in [3.8, 4) is 39.5 Å². The van der Waals surface area contributed by atoms with Crippen LogP contribution < -0.4 is 14.2 Å². The molecule has 0 saturated heterocycles. The number of carbonyl (C=O) groups excluding carboxylic acids is 3. The monoisotopic (exact) mass is 606 g/mol. The van der Waals surface area contributed by atoms with Crippen LogP contribution in [0.4, 0.5) is 8.78 Å². The first-order valence-electron chi connectivity index (χ1n) is 13.4. The van der Waals surface area contributed by atoms with Gasteiger partial charge in [0.25, 0.3) is 0 Å². The third kappa shape index (κ3) is 9.38. The standard InChI is InChI=1S/C34H32F2O8/c1-20(2)32(37)42-13-11-40-30-9-7-23(18-28(30)35)25-15-26(17-27(16-25)44-34(39)22(5)6)24-8-10-31(29(36)19-24)41-12-14-43-33(38)21(3)4/h7-10,15-19H,1,3,5,11-14H2,2,4,6H3. The van der Waals surface area contributed by atoms with E-state index in [1.165, 1.54) is 57.2 Å². The number of rotatable bonds is 14. The van der Waals surface area contributed by atoms with E-state index >= 15 is 0 Å². The van der Waals surface area contributed by atoms with Gasteiger partial charge in [-0.05, 0) is 85.5 Å². The van der Waals surface area contributed by atoms with Gasteiger partial charge in [-0.2, -0.15) is 0 Å². The maximum absolute atomic E-state index is 15.0. The number of hydrogen-bond donors (Lipinski definition) is 0. The maximum Gasteiger partial charge on any atom is 0.338 e. The molecule has 0 unspecified atom stereocenters. The Morgan fingerprint density at radius 2 is 0.977 bits per heavy atom. The first-order chi connectivity index (χ1) is 20.8. The second-order valence-electron chi connectivity index (χ2n) is 9.74. The Morgan fingerprint density at radius 1 is 0.568 bits per heavy atom. The molecule has 3 aromatic rings. The van der Waals surface area contributed by atoms with Crippen LogP contribution in [0.25, 0.3) is 22.3 Å². The number of esters is 3. The molecule has 0 fully saturated rings. The molecule has 0 heterocycles. The number of carbonyl (C=O) groups is 3. The van der Waals surface area contributed by atoms with Gasteiger partial charge >= 0.3 is 17.9 Å². The van der Waals surface area contributed by atoms with E-state index in [2.05, 4.69) is 19.7 Å². The number of ether oxygens (including phenoxy) is 5. The van der Waals surface area contributed by atoms with E-state index in [0.29, 0.717) is 22.3 Å². The summed E-state index contributed by atoms with van der Waals surface area (Å²) in [6.07, 6.45) is 0. The summed E-state index contributed by atoms with van der Waals surface area (Å²) < 4.78 is 56.0. The predicted octanol–water partition coefficient (Wildman–Crippen LogP) is 6.78. The SMILES string of the molecule is C=C(C)C(=O)OCCOc1ccc(-c2cc(OC(=O)C(=C)C)cc(-c3ccc(OCCOC(=O)C(=C)C)c(F)c3)c2)cc1F. The fourth-order valence-electron chi connectivity index (χ4n) is 3.60. The fraction of sp³-hybridized carbons (Fsp3) is 0.206. The van der Waals surface area contributed by atoms with E-state index in [9.17, 15) is 23.2 Å². The van der Waals surface area contributed by atoms with E-state index < -0.39 is 29.5 Å². The van der Waals surface area contributed by atoms with E-state index in [-0.39, 0.29) is 60.4 Å². The highest BCUT2D eigenvalue weighted by Crippen LogP contribution is 2.35. The van der Waals surface area contributed by atoms with Gasteiger partial charge in [-0.25, -0.2) is 23.2 Å². The van der Waals surface area contributed by atoms with Crippen LogP contribution in [0.1, 0.15) is 20.8 Å². The van der Waals surface area contributed by atoms with Gasteiger partial charge in [-0.15, -0.1) is 0 Å². The van der Waals surface area contributed by atoms with Crippen molar-refractivity contribution < 1.29 is 46.8 Å². The lowest BCUT2D eigenvalue weighted by Gasteiger charge is -2.13. The summed E-state index contributed by atoms with van der Waals surface area (Å²) in [6.45, 7) is 14.7. The largest absolute Gasteiger partial charge is 0.487 e. The summed E-state index contributed by atoms with van der Waals surface area (Å²) in [6, 6.07) is 13.2. The van der Waals surface area contributed by atoms with Gasteiger partial charge in [0.15, 0.2) is 23.1 Å². The molecule has 10 heteroatoms. The molecule has 3 aromatic carbocycles. The van der Waals surface area contributed by atoms with Crippen LogP contribution in [0.5, 0.6) is 17.2 Å². The summed E-state index contributed by atoms with van der Waals surface area (Å²) in [5.41, 5.74) is 2.41. The van der Waals surface area contributed by atoms with Crippen molar-refractivity contribution in [1.82, 2.24) is 0 Å². The summed E-state index contributed by atoms with van der Waals surface area (Å²) in [5, 5.41) is 0. The van der Waals surface area contributed by atoms with Crippen LogP contribution in [0.15, 0.2) is 91.1 Å². The van der Waals surface area contributed by atoms with Crippen LogP contribution in [-0.4, -0.2) is 44.3 Å². The molecule has 0 aliphatic heterocycles. The normalized spacial score (nSPS) is 10.4. The number of benzene rings is 3. The third-order valence-electron chi connectivity index (χ3n) is 5.84. The van der Waals surface area contributed by atoms with Crippen molar-refractivity contribution in [3.63, 3.8) is 0 Å². The van der Waals surface area contributed by atoms with Crippen LogP contribution in [0.3, 0.4) is 0 Å². The first-order valence-corrected chi connectivity index (χ1v) is 13.4. The highest BCUT2D eigenvalue weighted by molar-refractivity contribution is 5.89. The Hall–Kier alpha value is -5.25. The molecule has 0 spiro atoms. The summed E-state index contributed by atoms with van der Waals surface area (Å²) in [4.78, 5) is 35.2. The molecule has 0 aliphatic carbocycles. The lowest BCUT2D eigenvalue weighted by Crippen LogP contribution is -2.12. The van der Waals surface area contributed by atoms with Crippen molar-refractivity contribution >= 4 is 17.9 Å². The van der Waals surface area contributed by atoms with Gasteiger partial charge in [0.2, 0.25) is 0 Å². The Morgan fingerprint density at radius 3 is 1.34 bits per heavy atom. The number of hydrogen-bond acceptors (Lipinski definition) is 8. The fourth-order valence-corrected chi connectivity index (χ4v) is 3.60. The Labute approximate surface area is 254 Å². The minimum atomic E-state index is -0.680. The van der Waals surface area contributed by atoms with Crippen LogP contribution in [0.2, 0.25) is 0 Å². The highest BCUT2D eigenvalue weighted by atomic mass is 19.1. The van der Waals surface area contributed by atoms with Crippen LogP contribution in [-0.2, 0) is 23.9 Å². The average Bonchev–Trinajstić information content (AvgIpc) is 2.98. The summed E-state index contributed by atoms with van der Waals surface area (Å²) in [7, 11) is 0. The van der Waals surface area contributed by atoms with Gasteiger partial charge in [-0.1, -0.05) is 31.9 Å². The van der Waals surface area contributed by atoms with Crippen molar-refractivity contribution in [2.45, 2.75) is 20.8 Å². The second kappa shape index (κ2) is 15.3. The molecular weight excluding hydrogens is 574 g/mol. The molecule has 3 rings (SSSR count). The van der Waals surface area contributed by atoms with E-state index in [4.69, 9.17) is 23.7 Å².